The van der Waals surface area contributed by atoms with Crippen LogP contribution in [0.2, 0.25) is 0 Å². The van der Waals surface area contributed by atoms with Crippen molar-refractivity contribution < 1.29 is 19.4 Å². The third kappa shape index (κ3) is 11.3. The van der Waals surface area contributed by atoms with E-state index in [1.54, 1.807) is 25.7 Å². The molecule has 0 bridgehead atoms. The van der Waals surface area contributed by atoms with E-state index in [1.165, 1.54) is 0 Å². The Morgan fingerprint density at radius 3 is 2.34 bits per heavy atom. The third-order valence-electron chi connectivity index (χ3n) is 4.19. The average molecular weight is 408 g/mol. The molecular formula is C22H37N3O4. The maximum Gasteiger partial charge on any atom is 0.407 e. The van der Waals surface area contributed by atoms with Gasteiger partial charge < -0.3 is 25.4 Å². The molecule has 164 valence electrons. The zero-order chi connectivity index (χ0) is 21.9. The van der Waals surface area contributed by atoms with Crippen LogP contribution in [0.15, 0.2) is 30.3 Å². The normalized spacial score (nSPS) is 12.4. The number of nitrogens with one attached hydrogen (secondary N) is 2. The first-order valence-corrected chi connectivity index (χ1v) is 10.3. The second-order valence-corrected chi connectivity index (χ2v) is 8.62. The highest BCUT2D eigenvalue weighted by atomic mass is 16.6. The number of benzene rings is 1. The van der Waals surface area contributed by atoms with Crippen molar-refractivity contribution in [1.29, 1.82) is 0 Å². The Morgan fingerprint density at radius 2 is 1.79 bits per heavy atom. The maximum absolute atomic E-state index is 12.8. The Kier molecular flexibility index (Phi) is 10.5. The average Bonchev–Trinajstić information content (AvgIpc) is 2.63. The molecule has 1 rings (SSSR count). The number of hydrogen-bond donors (Lipinski definition) is 3. The zero-order valence-electron chi connectivity index (χ0n) is 18.4. The van der Waals surface area contributed by atoms with E-state index < -0.39 is 11.7 Å². The number of carbonyl (C=O) groups is 2. The van der Waals surface area contributed by atoms with Gasteiger partial charge in [0.15, 0.2) is 0 Å². The molecule has 0 saturated carbocycles. The van der Waals surface area contributed by atoms with Crippen LogP contribution in [0.25, 0.3) is 0 Å². The number of nitrogens with zero attached hydrogens (tertiary/aromatic N) is 1. The smallest absolute Gasteiger partial charge is 0.407 e. The number of rotatable bonds is 10. The van der Waals surface area contributed by atoms with Gasteiger partial charge in [0, 0.05) is 19.6 Å². The highest BCUT2D eigenvalue weighted by Gasteiger charge is 2.20. The largest absolute Gasteiger partial charge is 0.444 e. The van der Waals surface area contributed by atoms with Crippen LogP contribution >= 0.6 is 0 Å². The van der Waals surface area contributed by atoms with Gasteiger partial charge in [0.1, 0.15) is 5.60 Å². The number of aliphatic hydroxyl groups excluding tert-OH is 1. The van der Waals surface area contributed by atoms with E-state index in [9.17, 15) is 14.7 Å². The summed E-state index contributed by atoms with van der Waals surface area (Å²) in [5.41, 5.74) is 0.483. The quantitative estimate of drug-likeness (QED) is 0.556. The number of carbonyl (C=O) groups excluding carboxylic acids is 2. The Morgan fingerprint density at radius 1 is 1.14 bits per heavy atom. The Hall–Kier alpha value is -2.28. The van der Waals surface area contributed by atoms with E-state index in [2.05, 4.69) is 24.5 Å². The lowest BCUT2D eigenvalue weighted by molar-refractivity contribution is 0.0523. The number of aliphatic hydroxyl groups is 1. The van der Waals surface area contributed by atoms with Crippen molar-refractivity contribution in [3.8, 4) is 0 Å². The Bertz CT molecular complexity index is 614. The topological polar surface area (TPSA) is 90.9 Å². The molecule has 3 amide bonds. The van der Waals surface area contributed by atoms with Crippen molar-refractivity contribution in [2.75, 3.05) is 26.2 Å². The molecule has 3 N–H and O–H groups in total. The van der Waals surface area contributed by atoms with Gasteiger partial charge in [-0.3, -0.25) is 0 Å². The monoisotopic (exact) mass is 407 g/mol. The minimum absolute atomic E-state index is 0.144. The second kappa shape index (κ2) is 12.3. The number of alkyl carbamates (subject to hydrolysis) is 1. The van der Waals surface area contributed by atoms with Crippen LogP contribution in [0.1, 0.15) is 46.6 Å². The molecule has 0 heterocycles. The summed E-state index contributed by atoms with van der Waals surface area (Å²) in [4.78, 5) is 26.3. The lowest BCUT2D eigenvalue weighted by Gasteiger charge is -2.27. The molecule has 7 heteroatoms. The van der Waals surface area contributed by atoms with Crippen molar-refractivity contribution in [1.82, 2.24) is 15.5 Å². The number of amides is 3. The van der Waals surface area contributed by atoms with E-state index >= 15 is 0 Å². The summed E-state index contributed by atoms with van der Waals surface area (Å²) in [5.74, 6) is 0.446. The molecule has 7 nitrogen and oxygen atoms in total. The summed E-state index contributed by atoms with van der Waals surface area (Å²) >= 11 is 0. The fourth-order valence-electron chi connectivity index (χ4n) is 2.66. The number of hydrogen-bond acceptors (Lipinski definition) is 4. The summed E-state index contributed by atoms with van der Waals surface area (Å²) < 4.78 is 5.22. The number of urea groups is 1. The Balaban J connectivity index is 2.61. The molecule has 0 unspecified atom stereocenters. The van der Waals surface area contributed by atoms with Crippen LogP contribution in [0.5, 0.6) is 0 Å². The molecule has 0 fully saturated rings. The van der Waals surface area contributed by atoms with Crippen molar-refractivity contribution >= 4 is 12.1 Å². The molecule has 0 saturated heterocycles. The van der Waals surface area contributed by atoms with Gasteiger partial charge in [0.05, 0.1) is 12.6 Å². The second-order valence-electron chi connectivity index (χ2n) is 8.62. The fourth-order valence-corrected chi connectivity index (χ4v) is 2.66. The molecule has 1 aromatic rings. The molecule has 1 atom stereocenters. The van der Waals surface area contributed by atoms with Gasteiger partial charge in [-0.05, 0) is 45.1 Å². The van der Waals surface area contributed by atoms with Crippen molar-refractivity contribution in [2.24, 2.45) is 5.92 Å². The Labute approximate surface area is 174 Å². The molecule has 0 aliphatic rings. The summed E-state index contributed by atoms with van der Waals surface area (Å²) in [6.45, 7) is 10.7. The van der Waals surface area contributed by atoms with Gasteiger partial charge >= 0.3 is 12.1 Å². The van der Waals surface area contributed by atoms with Crippen LogP contribution in [0, 0.1) is 5.92 Å². The summed E-state index contributed by atoms with van der Waals surface area (Å²) in [6, 6.07) is 9.12. The van der Waals surface area contributed by atoms with Crippen LogP contribution in [0.3, 0.4) is 0 Å². The molecule has 29 heavy (non-hydrogen) atoms. The fraction of sp³-hybridized carbons (Fsp3) is 0.636. The molecule has 0 aromatic heterocycles. The lowest BCUT2D eigenvalue weighted by Crippen LogP contribution is -2.49. The summed E-state index contributed by atoms with van der Waals surface area (Å²) in [6.07, 6.45) is 0.901. The lowest BCUT2D eigenvalue weighted by atomic mass is 10.1. The predicted octanol–water partition coefficient (Wildman–Crippen LogP) is 3.17. The van der Waals surface area contributed by atoms with E-state index in [-0.39, 0.29) is 18.7 Å². The molecule has 0 aliphatic heterocycles. The van der Waals surface area contributed by atoms with Gasteiger partial charge in [0.2, 0.25) is 0 Å². The number of ether oxygens (including phenoxy) is 1. The zero-order valence-corrected chi connectivity index (χ0v) is 18.4. The van der Waals surface area contributed by atoms with Crippen molar-refractivity contribution in [3.05, 3.63) is 35.9 Å². The van der Waals surface area contributed by atoms with Crippen molar-refractivity contribution in [2.45, 2.75) is 59.1 Å². The SMILES string of the molecule is CC(C)CCN(CCNC(=O)OC(C)(C)C)C(=O)N[C@H](CO)Cc1ccccc1. The summed E-state index contributed by atoms with van der Waals surface area (Å²) in [7, 11) is 0. The predicted molar refractivity (Wildman–Crippen MR) is 115 cm³/mol. The van der Waals surface area contributed by atoms with Gasteiger partial charge in [-0.25, -0.2) is 9.59 Å². The molecule has 0 spiro atoms. The van der Waals surface area contributed by atoms with Crippen LogP contribution in [-0.4, -0.2) is 60.0 Å². The van der Waals surface area contributed by atoms with Crippen LogP contribution in [-0.2, 0) is 11.2 Å². The van der Waals surface area contributed by atoms with E-state index in [1.807, 2.05) is 30.3 Å². The summed E-state index contributed by atoms with van der Waals surface area (Å²) in [5, 5.41) is 15.3. The van der Waals surface area contributed by atoms with Gasteiger partial charge in [-0.1, -0.05) is 44.2 Å². The third-order valence-corrected chi connectivity index (χ3v) is 4.19. The maximum atomic E-state index is 12.8. The van der Waals surface area contributed by atoms with Crippen LogP contribution in [0.4, 0.5) is 9.59 Å². The minimum atomic E-state index is -0.565. The molecule has 0 aliphatic carbocycles. The molecule has 0 radical (unpaired) electrons. The van der Waals surface area contributed by atoms with Gasteiger partial charge in [-0.15, -0.1) is 0 Å². The van der Waals surface area contributed by atoms with Gasteiger partial charge in [0.25, 0.3) is 0 Å². The molecular weight excluding hydrogens is 370 g/mol. The van der Waals surface area contributed by atoms with E-state index in [0.29, 0.717) is 32.0 Å². The van der Waals surface area contributed by atoms with Crippen molar-refractivity contribution in [3.63, 3.8) is 0 Å². The standard InChI is InChI=1S/C22H37N3O4/c1-17(2)11-13-25(14-12-23-21(28)29-22(3,4)5)20(27)24-19(16-26)15-18-9-7-6-8-10-18/h6-10,17,19,26H,11-16H2,1-5H3,(H,23,28)(H,24,27)/t19-/m0/s1. The van der Waals surface area contributed by atoms with E-state index in [0.717, 1.165) is 12.0 Å². The highest BCUT2D eigenvalue weighted by Crippen LogP contribution is 2.07. The van der Waals surface area contributed by atoms with Crippen LogP contribution < -0.4 is 10.6 Å². The molecule has 1 aromatic carbocycles. The highest BCUT2D eigenvalue weighted by molar-refractivity contribution is 5.74. The first-order valence-electron chi connectivity index (χ1n) is 10.3. The van der Waals surface area contributed by atoms with E-state index in [4.69, 9.17) is 4.74 Å². The minimum Gasteiger partial charge on any atom is -0.444 e. The first kappa shape index (κ1) is 24.8. The first-order chi connectivity index (χ1) is 13.6. The van der Waals surface area contributed by atoms with Gasteiger partial charge in [-0.2, -0.15) is 0 Å².